The molecule has 1 heterocycles. The van der Waals surface area contributed by atoms with Crippen LogP contribution < -0.4 is 5.56 Å². The number of thioether (sulfide) groups is 1. The number of benzene rings is 1. The summed E-state index contributed by atoms with van der Waals surface area (Å²) in [6.45, 7) is 6.94. The van der Waals surface area contributed by atoms with Gasteiger partial charge in [-0.3, -0.25) is 9.36 Å². The maximum absolute atomic E-state index is 12.5. The van der Waals surface area contributed by atoms with Crippen LogP contribution in [0.3, 0.4) is 0 Å². The Morgan fingerprint density at radius 3 is 2.79 bits per heavy atom. The molecule has 0 saturated heterocycles. The molecule has 0 amide bonds. The number of rotatable bonds is 4. The predicted octanol–water partition coefficient (Wildman–Crippen LogP) is 3.96. The van der Waals surface area contributed by atoms with E-state index in [1.807, 2.05) is 0 Å². The van der Waals surface area contributed by atoms with Crippen molar-refractivity contribution in [1.29, 1.82) is 0 Å². The van der Waals surface area contributed by atoms with Gasteiger partial charge in [0.1, 0.15) is 0 Å². The fourth-order valence-corrected chi connectivity index (χ4v) is 2.94. The van der Waals surface area contributed by atoms with Crippen molar-refractivity contribution < 1.29 is 0 Å². The highest BCUT2D eigenvalue weighted by atomic mass is 35.5. The quantitative estimate of drug-likeness (QED) is 0.633. The molecular formula is C14H17ClN2OS. The van der Waals surface area contributed by atoms with E-state index < -0.39 is 0 Å². The van der Waals surface area contributed by atoms with Gasteiger partial charge in [0.25, 0.3) is 5.56 Å². The van der Waals surface area contributed by atoms with Crippen LogP contribution in [0, 0.1) is 0 Å². The van der Waals surface area contributed by atoms with E-state index in [-0.39, 0.29) is 5.56 Å². The smallest absolute Gasteiger partial charge is 0.262 e. The maximum atomic E-state index is 12.5. The average Bonchev–Trinajstić information content (AvgIpc) is 2.33. The number of aromatic nitrogens is 2. The molecule has 0 spiro atoms. The van der Waals surface area contributed by atoms with Crippen molar-refractivity contribution in [2.24, 2.45) is 0 Å². The summed E-state index contributed by atoms with van der Waals surface area (Å²) in [5, 5.41) is 2.39. The highest BCUT2D eigenvalue weighted by Gasteiger charge is 2.12. The zero-order valence-electron chi connectivity index (χ0n) is 11.3. The van der Waals surface area contributed by atoms with Crippen LogP contribution in [0.2, 0.25) is 5.02 Å². The van der Waals surface area contributed by atoms with Crippen LogP contribution in [0.1, 0.15) is 27.2 Å². The summed E-state index contributed by atoms with van der Waals surface area (Å²) in [6, 6.07) is 5.24. The second-order valence-corrected chi connectivity index (χ2v) is 6.66. The fourth-order valence-electron chi connectivity index (χ4n) is 1.90. The summed E-state index contributed by atoms with van der Waals surface area (Å²) >= 11 is 7.58. The summed E-state index contributed by atoms with van der Waals surface area (Å²) in [6.07, 6.45) is 0.909. The van der Waals surface area contributed by atoms with Gasteiger partial charge in [0.2, 0.25) is 0 Å². The van der Waals surface area contributed by atoms with Crippen molar-refractivity contribution in [3.05, 3.63) is 33.6 Å². The minimum atomic E-state index is 0.0201. The second-order valence-electron chi connectivity index (χ2n) is 4.68. The molecule has 0 aliphatic rings. The zero-order chi connectivity index (χ0) is 14.0. The van der Waals surface area contributed by atoms with E-state index in [4.69, 9.17) is 11.6 Å². The Bertz CT molecular complexity index is 652. The van der Waals surface area contributed by atoms with Crippen molar-refractivity contribution in [2.75, 3.05) is 0 Å². The molecular weight excluding hydrogens is 280 g/mol. The van der Waals surface area contributed by atoms with Gasteiger partial charge in [-0.15, -0.1) is 0 Å². The van der Waals surface area contributed by atoms with Crippen molar-refractivity contribution in [3.8, 4) is 0 Å². The van der Waals surface area contributed by atoms with Crippen molar-refractivity contribution in [2.45, 2.75) is 44.1 Å². The second kappa shape index (κ2) is 5.97. The van der Waals surface area contributed by atoms with Crippen LogP contribution in [-0.4, -0.2) is 14.8 Å². The Kier molecular flexibility index (Phi) is 4.53. The maximum Gasteiger partial charge on any atom is 0.262 e. The summed E-state index contributed by atoms with van der Waals surface area (Å²) in [5.41, 5.74) is 0.694. The van der Waals surface area contributed by atoms with Crippen LogP contribution >= 0.6 is 23.4 Å². The molecule has 3 nitrogen and oxygen atoms in total. The number of hydrogen-bond acceptors (Lipinski definition) is 3. The molecule has 0 unspecified atom stereocenters. The van der Waals surface area contributed by atoms with E-state index in [0.717, 1.165) is 11.6 Å². The fraction of sp³-hybridized carbons (Fsp3) is 0.429. The first-order valence-electron chi connectivity index (χ1n) is 6.39. The molecule has 19 heavy (non-hydrogen) atoms. The lowest BCUT2D eigenvalue weighted by atomic mass is 10.2. The highest BCUT2D eigenvalue weighted by molar-refractivity contribution is 7.99. The van der Waals surface area contributed by atoms with Crippen molar-refractivity contribution in [1.82, 2.24) is 9.55 Å². The standard InChI is InChI=1S/C14H17ClN2OS/c1-4-7-17-13(18)11-6-5-10(15)8-12(11)16-14(17)19-9(2)3/h5-6,8-9H,4,7H2,1-3H3. The van der Waals surface area contributed by atoms with Gasteiger partial charge in [-0.2, -0.15) is 0 Å². The van der Waals surface area contributed by atoms with Gasteiger partial charge in [-0.05, 0) is 24.6 Å². The lowest BCUT2D eigenvalue weighted by Gasteiger charge is -2.13. The summed E-state index contributed by atoms with van der Waals surface area (Å²) in [5.74, 6) is 0. The highest BCUT2D eigenvalue weighted by Crippen LogP contribution is 2.23. The number of hydrogen-bond donors (Lipinski definition) is 0. The molecule has 0 fully saturated rings. The monoisotopic (exact) mass is 296 g/mol. The van der Waals surface area contributed by atoms with Gasteiger partial charge in [-0.1, -0.05) is 44.1 Å². The minimum Gasteiger partial charge on any atom is -0.287 e. The first-order valence-corrected chi connectivity index (χ1v) is 7.65. The van der Waals surface area contributed by atoms with Crippen molar-refractivity contribution in [3.63, 3.8) is 0 Å². The lowest BCUT2D eigenvalue weighted by molar-refractivity contribution is 0.584. The molecule has 102 valence electrons. The first-order chi connectivity index (χ1) is 9.02. The van der Waals surface area contributed by atoms with Gasteiger partial charge in [0, 0.05) is 16.8 Å². The summed E-state index contributed by atoms with van der Waals surface area (Å²) in [7, 11) is 0. The molecule has 0 atom stereocenters. The molecule has 0 N–H and O–H groups in total. The normalized spacial score (nSPS) is 11.4. The van der Waals surface area contributed by atoms with Crippen LogP contribution in [-0.2, 0) is 6.54 Å². The van der Waals surface area contributed by atoms with Gasteiger partial charge < -0.3 is 0 Å². The molecule has 5 heteroatoms. The molecule has 0 saturated carbocycles. The molecule has 2 rings (SSSR count). The number of nitrogens with zero attached hydrogens (tertiary/aromatic N) is 2. The Balaban J connectivity index is 2.69. The topological polar surface area (TPSA) is 34.9 Å². The molecule has 1 aromatic carbocycles. The number of halogens is 1. The molecule has 0 bridgehead atoms. The third-order valence-electron chi connectivity index (χ3n) is 2.67. The van der Waals surface area contributed by atoms with Gasteiger partial charge in [0.15, 0.2) is 5.16 Å². The molecule has 0 aliphatic carbocycles. The van der Waals surface area contributed by atoms with Crippen LogP contribution in [0.25, 0.3) is 10.9 Å². The average molecular weight is 297 g/mol. The molecule has 0 radical (unpaired) electrons. The summed E-state index contributed by atoms with van der Waals surface area (Å²) in [4.78, 5) is 17.1. The molecule has 2 aromatic rings. The minimum absolute atomic E-state index is 0.0201. The Morgan fingerprint density at radius 1 is 1.42 bits per heavy atom. The van der Waals surface area contributed by atoms with Crippen molar-refractivity contribution >= 4 is 34.3 Å². The SMILES string of the molecule is CCCn1c(SC(C)C)nc2cc(Cl)ccc2c1=O. The zero-order valence-corrected chi connectivity index (χ0v) is 12.9. The largest absolute Gasteiger partial charge is 0.287 e. The van der Waals surface area contributed by atoms with Crippen LogP contribution in [0.4, 0.5) is 0 Å². The molecule has 1 aromatic heterocycles. The van der Waals surface area contributed by atoms with E-state index in [9.17, 15) is 4.79 Å². The third kappa shape index (κ3) is 3.12. The van der Waals surface area contributed by atoms with E-state index in [1.54, 1.807) is 34.5 Å². The van der Waals surface area contributed by atoms with E-state index >= 15 is 0 Å². The Hall–Kier alpha value is -1.00. The Labute approximate surface area is 122 Å². The van der Waals surface area contributed by atoms with E-state index in [2.05, 4.69) is 25.8 Å². The number of fused-ring (bicyclic) bond motifs is 1. The van der Waals surface area contributed by atoms with Crippen LogP contribution in [0.15, 0.2) is 28.2 Å². The van der Waals surface area contributed by atoms with Crippen LogP contribution in [0.5, 0.6) is 0 Å². The third-order valence-corrected chi connectivity index (χ3v) is 3.90. The Morgan fingerprint density at radius 2 is 2.16 bits per heavy atom. The first kappa shape index (κ1) is 14.4. The predicted molar refractivity (Wildman–Crippen MR) is 82.3 cm³/mol. The van der Waals surface area contributed by atoms with E-state index in [1.165, 1.54) is 0 Å². The summed E-state index contributed by atoms with van der Waals surface area (Å²) < 4.78 is 1.76. The van der Waals surface area contributed by atoms with E-state index in [0.29, 0.717) is 27.7 Å². The van der Waals surface area contributed by atoms with Gasteiger partial charge >= 0.3 is 0 Å². The lowest BCUT2D eigenvalue weighted by Crippen LogP contribution is -2.23. The molecule has 0 aliphatic heterocycles. The van der Waals surface area contributed by atoms with Gasteiger partial charge in [0.05, 0.1) is 10.9 Å². The van der Waals surface area contributed by atoms with Gasteiger partial charge in [-0.25, -0.2) is 4.98 Å².